The summed E-state index contributed by atoms with van der Waals surface area (Å²) in [5.74, 6) is -4.76. The Morgan fingerprint density at radius 1 is 1.73 bits per heavy atom. The van der Waals surface area contributed by atoms with Crippen molar-refractivity contribution in [3.8, 4) is 0 Å². The first-order valence-electron chi connectivity index (χ1n) is 2.81. The highest BCUT2D eigenvalue weighted by molar-refractivity contribution is 5.82. The highest BCUT2D eigenvalue weighted by atomic mass is 19.3. The minimum Gasteiger partial charge on any atom is -0.461 e. The number of carbonyl (C=O) groups excluding carboxylic acids is 2. The molecule has 5 heteroatoms. The molecule has 0 aromatic heterocycles. The SMILES string of the molecule is CCOC(=O)C(F)(F)C=C=O. The molecule has 0 aliphatic heterocycles. The monoisotopic (exact) mass is 164 g/mol. The zero-order valence-electron chi connectivity index (χ0n) is 5.77. The third-order valence-electron chi connectivity index (χ3n) is 0.788. The van der Waals surface area contributed by atoms with Crippen LogP contribution in [-0.4, -0.2) is 24.4 Å². The number of hydrogen-bond donors (Lipinski definition) is 0. The molecule has 0 bridgehead atoms. The predicted octanol–water partition coefficient (Wildman–Crippen LogP) is 0.573. The quantitative estimate of drug-likeness (QED) is 0.452. The Morgan fingerprint density at radius 3 is 2.64 bits per heavy atom. The Labute approximate surface area is 61.6 Å². The number of ether oxygens (including phenoxy) is 1. The number of carbonyl (C=O) groups is 1. The van der Waals surface area contributed by atoms with Crippen molar-refractivity contribution in [2.75, 3.05) is 6.61 Å². The molecule has 62 valence electrons. The van der Waals surface area contributed by atoms with E-state index in [0.717, 1.165) is 5.94 Å². The third kappa shape index (κ3) is 2.91. The molecule has 0 fully saturated rings. The summed E-state index contributed by atoms with van der Waals surface area (Å²) in [6.07, 6.45) is -0.176. The van der Waals surface area contributed by atoms with Crippen LogP contribution in [0, 0.1) is 0 Å². The molecule has 0 saturated carbocycles. The van der Waals surface area contributed by atoms with Crippen LogP contribution in [0.3, 0.4) is 0 Å². The molecule has 0 amide bonds. The van der Waals surface area contributed by atoms with E-state index in [-0.39, 0.29) is 12.7 Å². The van der Waals surface area contributed by atoms with Crippen molar-refractivity contribution in [1.82, 2.24) is 0 Å². The van der Waals surface area contributed by atoms with Crippen molar-refractivity contribution >= 4 is 11.9 Å². The van der Waals surface area contributed by atoms with E-state index >= 15 is 0 Å². The lowest BCUT2D eigenvalue weighted by Gasteiger charge is -2.07. The van der Waals surface area contributed by atoms with E-state index in [1.165, 1.54) is 6.92 Å². The van der Waals surface area contributed by atoms with E-state index < -0.39 is 11.9 Å². The number of hydrogen-bond acceptors (Lipinski definition) is 3. The van der Waals surface area contributed by atoms with Crippen LogP contribution in [-0.2, 0) is 14.3 Å². The molecule has 0 unspecified atom stereocenters. The molecular weight excluding hydrogens is 158 g/mol. The van der Waals surface area contributed by atoms with Gasteiger partial charge in [0.1, 0.15) is 5.94 Å². The van der Waals surface area contributed by atoms with Crippen LogP contribution >= 0.6 is 0 Å². The van der Waals surface area contributed by atoms with Gasteiger partial charge in [0.05, 0.1) is 12.7 Å². The van der Waals surface area contributed by atoms with Gasteiger partial charge in [-0.25, -0.2) is 9.59 Å². The third-order valence-corrected chi connectivity index (χ3v) is 0.788. The van der Waals surface area contributed by atoms with E-state index in [1.807, 2.05) is 0 Å². The minimum absolute atomic E-state index is 0.152. The van der Waals surface area contributed by atoms with Crippen LogP contribution in [0.1, 0.15) is 6.92 Å². The highest BCUT2D eigenvalue weighted by Crippen LogP contribution is 2.15. The summed E-state index contributed by atoms with van der Waals surface area (Å²) in [7, 11) is 0. The highest BCUT2D eigenvalue weighted by Gasteiger charge is 2.38. The molecule has 0 heterocycles. The van der Waals surface area contributed by atoms with Crippen molar-refractivity contribution in [3.05, 3.63) is 6.08 Å². The van der Waals surface area contributed by atoms with E-state index in [0.29, 0.717) is 0 Å². The summed E-state index contributed by atoms with van der Waals surface area (Å²) in [4.78, 5) is 19.7. The van der Waals surface area contributed by atoms with Gasteiger partial charge in [0.2, 0.25) is 0 Å². The van der Waals surface area contributed by atoms with Crippen molar-refractivity contribution in [2.45, 2.75) is 12.8 Å². The van der Waals surface area contributed by atoms with Gasteiger partial charge in [-0.3, -0.25) is 0 Å². The first-order chi connectivity index (χ1) is 5.04. The number of alkyl halides is 2. The molecule has 0 rings (SSSR count). The number of esters is 1. The largest absolute Gasteiger partial charge is 0.461 e. The molecule has 0 aromatic carbocycles. The van der Waals surface area contributed by atoms with Crippen molar-refractivity contribution in [3.63, 3.8) is 0 Å². The van der Waals surface area contributed by atoms with Gasteiger partial charge in [0, 0.05) is 0 Å². The average molecular weight is 164 g/mol. The summed E-state index contributed by atoms with van der Waals surface area (Å²) in [5.41, 5.74) is 0. The first-order valence-corrected chi connectivity index (χ1v) is 2.81. The predicted molar refractivity (Wildman–Crippen MR) is 31.8 cm³/mol. The molecule has 3 nitrogen and oxygen atoms in total. The topological polar surface area (TPSA) is 43.4 Å². The fraction of sp³-hybridized carbons (Fsp3) is 0.500. The second-order valence-electron chi connectivity index (χ2n) is 1.61. The summed E-state index contributed by atoms with van der Waals surface area (Å²) in [6.45, 7) is 1.24. The average Bonchev–Trinajstić information content (AvgIpc) is 1.88. The van der Waals surface area contributed by atoms with Gasteiger partial charge in [-0.2, -0.15) is 8.78 Å². The molecule has 0 aliphatic rings. The van der Waals surface area contributed by atoms with E-state index in [4.69, 9.17) is 0 Å². The molecule has 0 aliphatic carbocycles. The fourth-order valence-corrected chi connectivity index (χ4v) is 0.360. The lowest BCUT2D eigenvalue weighted by atomic mass is 10.3. The van der Waals surface area contributed by atoms with E-state index in [1.54, 1.807) is 0 Å². The minimum atomic E-state index is -3.85. The lowest BCUT2D eigenvalue weighted by Crippen LogP contribution is -2.28. The molecule has 11 heavy (non-hydrogen) atoms. The Kier molecular flexibility index (Phi) is 3.40. The van der Waals surface area contributed by atoms with Gasteiger partial charge in [-0.1, -0.05) is 0 Å². The maximum Gasteiger partial charge on any atom is 0.382 e. The molecule has 0 aromatic rings. The van der Waals surface area contributed by atoms with Crippen LogP contribution in [0.25, 0.3) is 0 Å². The van der Waals surface area contributed by atoms with Gasteiger partial charge < -0.3 is 4.74 Å². The molecule has 0 radical (unpaired) electrons. The summed E-state index contributed by atoms with van der Waals surface area (Å²) in [6, 6.07) is 0. The zero-order chi connectivity index (χ0) is 8.91. The number of halogens is 2. The Hall–Kier alpha value is -1.22. The van der Waals surface area contributed by atoms with Gasteiger partial charge in [-0.15, -0.1) is 0 Å². The fourth-order valence-electron chi connectivity index (χ4n) is 0.360. The summed E-state index contributed by atoms with van der Waals surface area (Å²) >= 11 is 0. The second-order valence-corrected chi connectivity index (χ2v) is 1.61. The van der Waals surface area contributed by atoms with E-state index in [2.05, 4.69) is 4.74 Å². The van der Waals surface area contributed by atoms with Gasteiger partial charge in [-0.05, 0) is 6.92 Å². The Morgan fingerprint density at radius 2 is 2.27 bits per heavy atom. The molecule has 0 saturated heterocycles. The molecule has 0 atom stereocenters. The Balaban J connectivity index is 4.29. The lowest BCUT2D eigenvalue weighted by molar-refractivity contribution is -0.164. The number of rotatable bonds is 3. The van der Waals surface area contributed by atoms with Gasteiger partial charge in [0.25, 0.3) is 0 Å². The van der Waals surface area contributed by atoms with Gasteiger partial charge in [0.15, 0.2) is 0 Å². The van der Waals surface area contributed by atoms with Crippen LogP contribution in [0.2, 0.25) is 0 Å². The standard InChI is InChI=1S/C6H6F2O3/c1-2-11-5(10)6(7,8)3-4-9/h3H,2H2,1H3. The van der Waals surface area contributed by atoms with Crippen LogP contribution < -0.4 is 0 Å². The molecule has 0 N–H and O–H groups in total. The van der Waals surface area contributed by atoms with Crippen LogP contribution in [0.4, 0.5) is 8.78 Å². The van der Waals surface area contributed by atoms with Crippen LogP contribution in [0.15, 0.2) is 6.08 Å². The van der Waals surface area contributed by atoms with Gasteiger partial charge >= 0.3 is 11.9 Å². The first kappa shape index (κ1) is 9.78. The Bertz CT molecular complexity index is 194. The smallest absolute Gasteiger partial charge is 0.382 e. The summed E-state index contributed by atoms with van der Waals surface area (Å²) < 4.78 is 28.4. The van der Waals surface area contributed by atoms with Crippen molar-refractivity contribution < 1.29 is 23.1 Å². The molecular formula is C6H6F2O3. The zero-order valence-corrected chi connectivity index (χ0v) is 5.77. The van der Waals surface area contributed by atoms with Crippen molar-refractivity contribution in [1.29, 1.82) is 0 Å². The van der Waals surface area contributed by atoms with Crippen LogP contribution in [0.5, 0.6) is 0 Å². The molecule has 0 spiro atoms. The summed E-state index contributed by atoms with van der Waals surface area (Å²) in [5, 5.41) is 0. The second kappa shape index (κ2) is 3.83. The van der Waals surface area contributed by atoms with E-state index in [9.17, 15) is 18.4 Å². The maximum absolute atomic E-state index is 12.2. The normalized spacial score (nSPS) is 10.1. The van der Waals surface area contributed by atoms with Crippen molar-refractivity contribution in [2.24, 2.45) is 0 Å². The maximum atomic E-state index is 12.2.